The Bertz CT molecular complexity index is 284. The third-order valence-corrected chi connectivity index (χ3v) is 2.64. The minimum atomic E-state index is 0.416. The number of hydrogen-bond donors (Lipinski definition) is 2. The van der Waals surface area contributed by atoms with E-state index in [-0.39, 0.29) is 0 Å². The smallest absolute Gasteiger partial charge is 0.171 e. The van der Waals surface area contributed by atoms with Crippen molar-refractivity contribution >= 4 is 23.3 Å². The zero-order chi connectivity index (χ0) is 10.6. The minimum Gasteiger partial charge on any atom is -0.394 e. The third-order valence-electron chi connectivity index (χ3n) is 2.00. The van der Waals surface area contributed by atoms with E-state index < -0.39 is 0 Å². The Morgan fingerprint density at radius 3 is 2.93 bits per heavy atom. The fraction of sp³-hybridized carbons (Fsp3) is 0.667. The number of aromatic nitrogens is 2. The van der Waals surface area contributed by atoms with Gasteiger partial charge in [-0.2, -0.15) is 16.9 Å². The Morgan fingerprint density at radius 1 is 1.71 bits per heavy atom. The molecule has 1 aromatic rings. The van der Waals surface area contributed by atoms with E-state index >= 15 is 0 Å². The van der Waals surface area contributed by atoms with Crippen LogP contribution in [0.5, 0.6) is 0 Å². The Kier molecular flexibility index (Phi) is 4.13. The van der Waals surface area contributed by atoms with Crippen LogP contribution in [0, 0.1) is 0 Å². The van der Waals surface area contributed by atoms with Crippen molar-refractivity contribution in [2.24, 2.45) is 7.05 Å². The summed E-state index contributed by atoms with van der Waals surface area (Å²) in [4.78, 5) is 0. The molecule has 0 saturated heterocycles. The van der Waals surface area contributed by atoms with Gasteiger partial charge in [0.2, 0.25) is 0 Å². The number of nitrogens with zero attached hydrogens (tertiary/aromatic N) is 2. The molecule has 0 aliphatic heterocycles. The normalized spacial score (nSPS) is 12.8. The summed E-state index contributed by atoms with van der Waals surface area (Å²) in [5.41, 5.74) is 6.48. The van der Waals surface area contributed by atoms with Gasteiger partial charge in [0.05, 0.1) is 5.69 Å². The highest BCUT2D eigenvalue weighted by molar-refractivity contribution is 7.98. The lowest BCUT2D eigenvalue weighted by molar-refractivity contribution is 0.737. The number of nitrogens with two attached hydrogens (primary N) is 1. The summed E-state index contributed by atoms with van der Waals surface area (Å²) in [5.74, 6) is 1.95. The van der Waals surface area contributed by atoms with E-state index in [2.05, 4.69) is 23.6 Å². The lowest BCUT2D eigenvalue weighted by atomic mass is 10.2. The van der Waals surface area contributed by atoms with Crippen molar-refractivity contribution in [2.75, 3.05) is 23.1 Å². The van der Waals surface area contributed by atoms with Gasteiger partial charge in [-0.15, -0.1) is 0 Å². The van der Waals surface area contributed by atoms with Crippen LogP contribution in [-0.2, 0) is 7.05 Å². The highest BCUT2D eigenvalue weighted by Gasteiger charge is 2.07. The molecular weight excluding hydrogens is 196 g/mol. The molecule has 3 N–H and O–H groups in total. The fourth-order valence-corrected chi connectivity index (χ4v) is 1.81. The molecule has 4 nitrogen and oxygen atoms in total. The van der Waals surface area contributed by atoms with Gasteiger partial charge >= 0.3 is 0 Å². The molecule has 80 valence electrons. The lowest BCUT2D eigenvalue weighted by Gasteiger charge is -2.12. The van der Waals surface area contributed by atoms with Crippen molar-refractivity contribution < 1.29 is 0 Å². The van der Waals surface area contributed by atoms with Crippen LogP contribution in [0.3, 0.4) is 0 Å². The highest BCUT2D eigenvalue weighted by atomic mass is 32.2. The molecule has 1 aromatic heterocycles. The molecule has 14 heavy (non-hydrogen) atoms. The molecule has 5 heteroatoms. The van der Waals surface area contributed by atoms with Gasteiger partial charge < -0.3 is 11.1 Å². The molecule has 0 fully saturated rings. The van der Waals surface area contributed by atoms with Gasteiger partial charge in [0.15, 0.2) is 5.82 Å². The average molecular weight is 214 g/mol. The first-order valence-electron chi connectivity index (χ1n) is 4.68. The van der Waals surface area contributed by atoms with Crippen LogP contribution in [-0.4, -0.2) is 27.8 Å². The Balaban J connectivity index is 2.47. The van der Waals surface area contributed by atoms with E-state index in [1.807, 2.05) is 25.0 Å². The zero-order valence-corrected chi connectivity index (χ0v) is 9.77. The molecule has 1 rings (SSSR count). The third kappa shape index (κ3) is 3.14. The van der Waals surface area contributed by atoms with Crippen LogP contribution in [0.25, 0.3) is 0 Å². The molecule has 1 heterocycles. The lowest BCUT2D eigenvalue weighted by Crippen LogP contribution is -2.17. The maximum atomic E-state index is 5.77. The summed E-state index contributed by atoms with van der Waals surface area (Å²) >= 11 is 1.85. The number of thioether (sulfide) groups is 1. The second-order valence-corrected chi connectivity index (χ2v) is 4.42. The maximum Gasteiger partial charge on any atom is 0.171 e. The zero-order valence-electron chi connectivity index (χ0n) is 8.95. The van der Waals surface area contributed by atoms with Crippen molar-refractivity contribution in [3.63, 3.8) is 0 Å². The molecule has 0 amide bonds. The number of hydrogen-bond acceptors (Lipinski definition) is 4. The van der Waals surface area contributed by atoms with Gasteiger partial charge in [-0.1, -0.05) is 0 Å². The summed E-state index contributed by atoms with van der Waals surface area (Å²) in [7, 11) is 1.87. The Morgan fingerprint density at radius 2 is 2.43 bits per heavy atom. The largest absolute Gasteiger partial charge is 0.394 e. The van der Waals surface area contributed by atoms with E-state index in [0.717, 1.165) is 18.0 Å². The summed E-state index contributed by atoms with van der Waals surface area (Å²) in [6, 6.07) is 0.416. The van der Waals surface area contributed by atoms with Crippen molar-refractivity contribution in [3.05, 3.63) is 6.20 Å². The van der Waals surface area contributed by atoms with E-state index in [0.29, 0.717) is 11.7 Å². The van der Waals surface area contributed by atoms with Crippen LogP contribution < -0.4 is 11.1 Å². The van der Waals surface area contributed by atoms with E-state index in [4.69, 9.17) is 5.73 Å². The quantitative estimate of drug-likeness (QED) is 0.781. The van der Waals surface area contributed by atoms with Crippen LogP contribution in [0.2, 0.25) is 0 Å². The molecule has 0 spiro atoms. The molecule has 0 radical (unpaired) electrons. The number of anilines is 2. The first kappa shape index (κ1) is 11.2. The minimum absolute atomic E-state index is 0.416. The van der Waals surface area contributed by atoms with Crippen molar-refractivity contribution in [1.82, 2.24) is 9.78 Å². The predicted molar refractivity (Wildman–Crippen MR) is 63.7 cm³/mol. The summed E-state index contributed by atoms with van der Waals surface area (Å²) in [5, 5.41) is 7.53. The second-order valence-electron chi connectivity index (χ2n) is 3.43. The SMILES string of the molecule is CSCCC(C)Nc1nn(C)cc1N. The Labute approximate surface area is 89.2 Å². The number of nitrogens with one attached hydrogen (secondary N) is 1. The molecule has 1 unspecified atom stereocenters. The van der Waals surface area contributed by atoms with Crippen LogP contribution in [0.4, 0.5) is 11.5 Å². The van der Waals surface area contributed by atoms with E-state index in [1.54, 1.807) is 4.68 Å². The van der Waals surface area contributed by atoms with Gasteiger partial charge in [-0.05, 0) is 25.4 Å². The standard InChI is InChI=1S/C9H18N4S/c1-7(4-5-14-3)11-9-8(10)6-13(2)12-9/h6-7H,4-5,10H2,1-3H3,(H,11,12). The molecule has 0 aromatic carbocycles. The molecule has 0 aliphatic rings. The van der Waals surface area contributed by atoms with E-state index in [1.165, 1.54) is 0 Å². The van der Waals surface area contributed by atoms with Crippen LogP contribution in [0.15, 0.2) is 6.20 Å². The maximum absolute atomic E-state index is 5.77. The van der Waals surface area contributed by atoms with Gasteiger partial charge in [-0.25, -0.2) is 0 Å². The Hall–Kier alpha value is -0.840. The van der Waals surface area contributed by atoms with Crippen molar-refractivity contribution in [3.8, 4) is 0 Å². The summed E-state index contributed by atoms with van der Waals surface area (Å²) in [6.07, 6.45) is 5.04. The van der Waals surface area contributed by atoms with E-state index in [9.17, 15) is 0 Å². The monoisotopic (exact) mass is 214 g/mol. The molecule has 0 saturated carbocycles. The summed E-state index contributed by atoms with van der Waals surface area (Å²) in [6.45, 7) is 2.14. The fourth-order valence-electron chi connectivity index (χ4n) is 1.22. The number of nitrogen functional groups attached to an aromatic ring is 1. The van der Waals surface area contributed by atoms with Crippen molar-refractivity contribution in [1.29, 1.82) is 0 Å². The summed E-state index contributed by atoms with van der Waals surface area (Å²) < 4.78 is 1.72. The first-order valence-corrected chi connectivity index (χ1v) is 6.07. The molecule has 0 bridgehead atoms. The topological polar surface area (TPSA) is 55.9 Å². The second kappa shape index (κ2) is 5.14. The van der Waals surface area contributed by atoms with Gasteiger partial charge in [-0.3, -0.25) is 4.68 Å². The first-order chi connectivity index (χ1) is 6.63. The molecule has 0 aliphatic carbocycles. The molecular formula is C9H18N4S. The number of aryl methyl sites for hydroxylation is 1. The number of rotatable bonds is 5. The molecule has 1 atom stereocenters. The predicted octanol–water partition coefficient (Wildman–Crippen LogP) is 1.56. The van der Waals surface area contributed by atoms with Crippen molar-refractivity contribution in [2.45, 2.75) is 19.4 Å². The van der Waals surface area contributed by atoms with Gasteiger partial charge in [0, 0.05) is 19.3 Å². The van der Waals surface area contributed by atoms with Crippen LogP contribution in [0.1, 0.15) is 13.3 Å². The average Bonchev–Trinajstić information content (AvgIpc) is 2.42. The highest BCUT2D eigenvalue weighted by Crippen LogP contribution is 2.16. The van der Waals surface area contributed by atoms with Crippen LogP contribution >= 0.6 is 11.8 Å². The van der Waals surface area contributed by atoms with Gasteiger partial charge in [0.25, 0.3) is 0 Å². The van der Waals surface area contributed by atoms with Gasteiger partial charge in [0.1, 0.15) is 0 Å².